The highest BCUT2D eigenvalue weighted by Crippen LogP contribution is 2.50. The van der Waals surface area contributed by atoms with E-state index < -0.39 is 0 Å². The molecule has 0 aliphatic carbocycles. The first-order valence-corrected chi connectivity index (χ1v) is 31.9. The van der Waals surface area contributed by atoms with Gasteiger partial charge in [0.05, 0.1) is 39.8 Å². The maximum atomic E-state index is 7.01. The molecule has 0 saturated heterocycles. The molecule has 0 radical (unpaired) electrons. The predicted octanol–water partition coefficient (Wildman–Crippen LogP) is 20.4. The zero-order valence-corrected chi connectivity index (χ0v) is 53.6. The second-order valence-corrected chi connectivity index (χ2v) is 29.3. The van der Waals surface area contributed by atoms with Gasteiger partial charge in [0, 0.05) is 49.0 Å². The highest BCUT2D eigenvalue weighted by atomic mass is 32.1. The third-order valence-electron chi connectivity index (χ3n) is 18.2. The zero-order chi connectivity index (χ0) is 61.5. The van der Waals surface area contributed by atoms with Crippen LogP contribution in [0.4, 0.5) is 68.8 Å². The largest absolute Gasteiger partial charge is 0.454 e. The summed E-state index contributed by atoms with van der Waals surface area (Å²) in [5.41, 5.74) is 17.6. The molecule has 8 aromatic carbocycles. The number of furan rings is 1. The van der Waals surface area contributed by atoms with Crippen LogP contribution in [0.25, 0.3) is 42.1 Å². The molecule has 10 heteroatoms. The standard InChI is InChI=1S/C79H72BN7OS/c1-76(2,3)49-27-35-53(36-28-49)84(54-37-29-50(30-38-54)77(4,5)6)69-45-43-61-74(82-69)86(63-23-17-21-59-57-19-13-15-25-67(57)88-72(59)63)65-47-81-48-66-71(65)80(61)62-44-46-70(83-75(62)87(66)64-24-18-22-60-58-20-14-16-26-68(58)89-73(60)64)85(55-39-31-51(32-40-55)78(7,8)9)56-41-33-52(34-42-56)79(10,11)12/h13-48H,1-12H3. The van der Waals surface area contributed by atoms with Gasteiger partial charge in [-0.1, -0.05) is 204 Å². The highest BCUT2D eigenvalue weighted by molar-refractivity contribution is 7.26. The first kappa shape index (κ1) is 56.0. The third kappa shape index (κ3) is 9.45. The van der Waals surface area contributed by atoms with Crippen LogP contribution in [0.15, 0.2) is 223 Å². The Hall–Kier alpha value is -9.51. The molecule has 0 N–H and O–H groups in total. The lowest BCUT2D eigenvalue weighted by Gasteiger charge is -2.43. The fraction of sp³-hybridized carbons (Fsp3) is 0.203. The quantitative estimate of drug-likeness (QED) is 0.139. The van der Waals surface area contributed by atoms with Crippen molar-refractivity contribution >= 4 is 145 Å². The van der Waals surface area contributed by atoms with Gasteiger partial charge in [0.2, 0.25) is 0 Å². The third-order valence-corrected chi connectivity index (χ3v) is 19.4. The molecule has 0 bridgehead atoms. The number of fused-ring (bicyclic) bond motifs is 10. The molecule has 438 valence electrons. The minimum absolute atomic E-state index is 0.0239. The summed E-state index contributed by atoms with van der Waals surface area (Å²) in [7, 11) is 0. The normalized spacial score (nSPS) is 13.3. The summed E-state index contributed by atoms with van der Waals surface area (Å²) in [6, 6.07) is 75.5. The van der Waals surface area contributed by atoms with Crippen molar-refractivity contribution in [3.05, 3.63) is 241 Å². The van der Waals surface area contributed by atoms with Crippen molar-refractivity contribution in [2.75, 3.05) is 19.6 Å². The van der Waals surface area contributed by atoms with E-state index in [1.807, 2.05) is 23.6 Å². The van der Waals surface area contributed by atoms with Gasteiger partial charge in [0.25, 0.3) is 6.71 Å². The molecule has 0 unspecified atom stereocenters. The first-order valence-electron chi connectivity index (χ1n) is 31.1. The van der Waals surface area contributed by atoms with E-state index in [4.69, 9.17) is 19.4 Å². The van der Waals surface area contributed by atoms with Crippen LogP contribution in [0.2, 0.25) is 0 Å². The summed E-state index contributed by atoms with van der Waals surface area (Å²) in [6.45, 7) is 26.9. The van der Waals surface area contributed by atoms with Gasteiger partial charge in [-0.25, -0.2) is 9.97 Å². The van der Waals surface area contributed by atoms with Gasteiger partial charge in [0.1, 0.15) is 28.9 Å². The Balaban J connectivity index is 1.01. The van der Waals surface area contributed by atoms with Gasteiger partial charge in [-0.3, -0.25) is 24.6 Å². The zero-order valence-electron chi connectivity index (χ0n) is 52.8. The van der Waals surface area contributed by atoms with Crippen molar-refractivity contribution in [1.29, 1.82) is 0 Å². The fourth-order valence-corrected chi connectivity index (χ4v) is 14.5. The molecule has 2 aliphatic heterocycles. The van der Waals surface area contributed by atoms with Crippen LogP contribution in [-0.4, -0.2) is 21.7 Å². The van der Waals surface area contributed by atoms with Gasteiger partial charge >= 0.3 is 0 Å². The summed E-state index contributed by atoms with van der Waals surface area (Å²) >= 11 is 1.82. The summed E-state index contributed by atoms with van der Waals surface area (Å²) in [5.74, 6) is 3.18. The van der Waals surface area contributed by atoms with E-state index in [1.165, 1.54) is 42.4 Å². The van der Waals surface area contributed by atoms with Crippen LogP contribution in [0.1, 0.15) is 105 Å². The topological polar surface area (TPSA) is 64.8 Å². The van der Waals surface area contributed by atoms with Crippen LogP contribution in [0.5, 0.6) is 0 Å². The summed E-state index contributed by atoms with van der Waals surface area (Å²) in [5, 5.41) is 4.51. The van der Waals surface area contributed by atoms with Crippen LogP contribution in [0, 0.1) is 0 Å². The number of thiophene rings is 1. The Labute approximate surface area is 526 Å². The lowest BCUT2D eigenvalue weighted by atomic mass is 9.34. The molecule has 89 heavy (non-hydrogen) atoms. The summed E-state index contributed by atoms with van der Waals surface area (Å²) < 4.78 is 9.42. The summed E-state index contributed by atoms with van der Waals surface area (Å²) in [4.78, 5) is 26.7. The maximum absolute atomic E-state index is 7.01. The number of aromatic nitrogens is 3. The van der Waals surface area contributed by atoms with Crippen LogP contribution in [-0.2, 0) is 21.7 Å². The molecule has 15 rings (SSSR count). The van der Waals surface area contributed by atoms with E-state index in [1.54, 1.807) is 0 Å². The molecule has 0 spiro atoms. The second kappa shape index (κ2) is 20.5. The monoisotopic (exact) mass is 1180 g/mol. The molecule has 13 aromatic rings. The SMILES string of the molecule is CC(C)(C)c1ccc(N(c2ccc(C(C)(C)C)cc2)c2ccc3c(n2)N(c2cccc4c2oc2ccccc24)c2cncc4c2B3c2ccc(N(c3ccc(C(C)(C)C)cc3)c3ccc(C(C)(C)C)cc3)nc2N4c2cccc3c2sc2ccccc23)cc1. The van der Waals surface area contributed by atoms with E-state index >= 15 is 0 Å². The molecule has 5 aromatic heterocycles. The van der Waals surface area contributed by atoms with Gasteiger partial charge in [-0.05, 0) is 145 Å². The Morgan fingerprint density at radius 3 is 1.26 bits per heavy atom. The minimum Gasteiger partial charge on any atom is -0.454 e. The summed E-state index contributed by atoms with van der Waals surface area (Å²) in [6.07, 6.45) is 4.09. The fourth-order valence-electron chi connectivity index (χ4n) is 13.3. The Morgan fingerprint density at radius 1 is 0.382 bits per heavy atom. The second-order valence-electron chi connectivity index (χ2n) is 28.2. The molecule has 2 aliphatic rings. The molecule has 0 fully saturated rings. The number of pyridine rings is 3. The predicted molar refractivity (Wildman–Crippen MR) is 378 cm³/mol. The van der Waals surface area contributed by atoms with Crippen molar-refractivity contribution in [3.63, 3.8) is 0 Å². The van der Waals surface area contributed by atoms with Crippen LogP contribution >= 0.6 is 11.3 Å². The molecule has 0 atom stereocenters. The lowest BCUT2D eigenvalue weighted by molar-refractivity contribution is 0.590. The van der Waals surface area contributed by atoms with Crippen LogP contribution < -0.4 is 36.0 Å². The van der Waals surface area contributed by atoms with Crippen molar-refractivity contribution < 1.29 is 4.42 Å². The number of rotatable bonds is 8. The average molecular weight is 1180 g/mol. The van der Waals surface area contributed by atoms with E-state index in [-0.39, 0.29) is 28.4 Å². The maximum Gasteiger partial charge on any atom is 0.256 e. The van der Waals surface area contributed by atoms with Crippen molar-refractivity contribution in [2.24, 2.45) is 0 Å². The van der Waals surface area contributed by atoms with Gasteiger partial charge < -0.3 is 4.42 Å². The van der Waals surface area contributed by atoms with E-state index in [0.29, 0.717) is 0 Å². The number of nitrogens with zero attached hydrogens (tertiary/aromatic N) is 7. The number of benzene rings is 8. The number of para-hydroxylation sites is 2. The molecule has 8 nitrogen and oxygen atoms in total. The Kier molecular flexibility index (Phi) is 12.9. The molecular formula is C79H72BN7OS. The molecule has 0 saturated carbocycles. The highest BCUT2D eigenvalue weighted by Gasteiger charge is 2.46. The molecule has 7 heterocycles. The van der Waals surface area contributed by atoms with Gasteiger partial charge in [0.15, 0.2) is 5.58 Å². The lowest BCUT2D eigenvalue weighted by Crippen LogP contribution is -2.62. The van der Waals surface area contributed by atoms with Crippen molar-refractivity contribution in [1.82, 2.24) is 15.0 Å². The molecular weight excluding hydrogens is 1110 g/mol. The number of hydrogen-bond donors (Lipinski definition) is 0. The van der Waals surface area contributed by atoms with E-state index in [2.05, 4.69) is 309 Å². The Morgan fingerprint density at radius 2 is 0.787 bits per heavy atom. The average Bonchev–Trinajstić information content (AvgIpc) is 1.29. The van der Waals surface area contributed by atoms with E-state index in [9.17, 15) is 0 Å². The Bertz CT molecular complexity index is 4480. The first-order chi connectivity index (χ1) is 42.7. The number of anilines is 12. The van der Waals surface area contributed by atoms with Crippen molar-refractivity contribution in [3.8, 4) is 0 Å². The van der Waals surface area contributed by atoms with Gasteiger partial charge in [-0.15, -0.1) is 11.3 Å². The smallest absolute Gasteiger partial charge is 0.256 e. The minimum atomic E-state index is -0.323. The molecule has 0 amide bonds. The van der Waals surface area contributed by atoms with Crippen molar-refractivity contribution in [2.45, 2.75) is 105 Å². The number of hydrogen-bond acceptors (Lipinski definition) is 9. The van der Waals surface area contributed by atoms with E-state index in [0.717, 1.165) is 107 Å². The van der Waals surface area contributed by atoms with Crippen LogP contribution in [0.3, 0.4) is 0 Å². The van der Waals surface area contributed by atoms with Gasteiger partial charge in [-0.2, -0.15) is 0 Å².